The molecule has 0 aliphatic carbocycles. The van der Waals surface area contributed by atoms with Gasteiger partial charge in [0.2, 0.25) is 10.0 Å². The molecule has 1 aliphatic rings. The highest BCUT2D eigenvalue weighted by Crippen LogP contribution is 2.42. The summed E-state index contributed by atoms with van der Waals surface area (Å²) in [5.74, 6) is 4.74. The molecule has 2 aromatic rings. The van der Waals surface area contributed by atoms with Crippen molar-refractivity contribution in [3.05, 3.63) is 71.0 Å². The number of hydrogen-bond acceptors (Lipinski definition) is 4. The largest absolute Gasteiger partial charge is 0.395 e. The monoisotopic (exact) mass is 398 g/mol. The van der Waals surface area contributed by atoms with E-state index < -0.39 is 28.0 Å². The van der Waals surface area contributed by atoms with Crippen LogP contribution >= 0.6 is 0 Å². The van der Waals surface area contributed by atoms with Crippen molar-refractivity contribution in [3.63, 3.8) is 0 Å². The smallest absolute Gasteiger partial charge is 0.215 e. The Morgan fingerprint density at radius 1 is 1.14 bits per heavy atom. The molecule has 144 valence electrons. The van der Waals surface area contributed by atoms with E-state index in [1.165, 1.54) is 13.0 Å². The van der Waals surface area contributed by atoms with Gasteiger partial charge in [0.25, 0.3) is 0 Å². The molecule has 0 aromatic heterocycles. The third-order valence-corrected chi connectivity index (χ3v) is 6.74. The summed E-state index contributed by atoms with van der Waals surface area (Å²) in [4.78, 5) is 0. The Bertz CT molecular complexity index is 1070. The van der Waals surface area contributed by atoms with Crippen molar-refractivity contribution in [1.82, 2.24) is 4.31 Å². The van der Waals surface area contributed by atoms with Gasteiger partial charge >= 0.3 is 0 Å². The highest BCUT2D eigenvalue weighted by molar-refractivity contribution is 7.89. The maximum absolute atomic E-state index is 13.6. The lowest BCUT2D eigenvalue weighted by molar-refractivity contribution is 0.0558. The fourth-order valence-corrected chi connectivity index (χ4v) is 4.82. The van der Waals surface area contributed by atoms with Gasteiger partial charge in [0.1, 0.15) is 11.9 Å². The number of aliphatic hydroxyl groups excluding tert-OH is 1. The van der Waals surface area contributed by atoms with E-state index in [4.69, 9.17) is 0 Å². The van der Waals surface area contributed by atoms with Gasteiger partial charge in [-0.2, -0.15) is 9.57 Å². The summed E-state index contributed by atoms with van der Waals surface area (Å²) >= 11 is 0. The van der Waals surface area contributed by atoms with Gasteiger partial charge in [-0.15, -0.1) is 0 Å². The van der Waals surface area contributed by atoms with Crippen LogP contribution in [0, 0.1) is 29.0 Å². The summed E-state index contributed by atoms with van der Waals surface area (Å²) in [6.45, 7) is 1.14. The van der Waals surface area contributed by atoms with Gasteiger partial charge in [-0.1, -0.05) is 36.1 Å². The zero-order valence-corrected chi connectivity index (χ0v) is 16.0. The summed E-state index contributed by atoms with van der Waals surface area (Å²) in [6, 6.07) is 13.8. The first kappa shape index (κ1) is 20.0. The Morgan fingerprint density at radius 3 is 2.39 bits per heavy atom. The second kappa shape index (κ2) is 8.12. The lowest BCUT2D eigenvalue weighted by atomic mass is 9.78. The lowest BCUT2D eigenvalue weighted by Gasteiger charge is -2.50. The van der Waals surface area contributed by atoms with Crippen LogP contribution in [-0.4, -0.2) is 42.3 Å². The maximum Gasteiger partial charge on any atom is 0.215 e. The minimum atomic E-state index is -3.58. The van der Waals surface area contributed by atoms with Crippen LogP contribution < -0.4 is 0 Å². The molecule has 5 nitrogen and oxygen atoms in total. The van der Waals surface area contributed by atoms with Crippen molar-refractivity contribution in [3.8, 4) is 17.9 Å². The number of nitrogens with zero attached hydrogens (tertiary/aromatic N) is 2. The van der Waals surface area contributed by atoms with Gasteiger partial charge in [-0.05, 0) is 36.8 Å². The van der Waals surface area contributed by atoms with Gasteiger partial charge < -0.3 is 5.11 Å². The Hall–Kier alpha value is -2.71. The van der Waals surface area contributed by atoms with Gasteiger partial charge in [-0.3, -0.25) is 0 Å². The molecular weight excluding hydrogens is 379 g/mol. The standard InChI is InChI=1S/C21H19FN2O3S/c1-2-28(26,27)24-19(13-23)21(20(24)14-25)17-11-8-15(9-12-17)7-10-16-5-3-4-6-18(16)22/h3-6,8-9,11-12,19-21,25H,2,14H2,1H3/t19-,20+,21+/m1/s1. The van der Waals surface area contributed by atoms with Gasteiger partial charge in [0.15, 0.2) is 0 Å². The molecule has 0 amide bonds. The summed E-state index contributed by atoms with van der Waals surface area (Å²) in [7, 11) is -3.58. The van der Waals surface area contributed by atoms with Crippen LogP contribution in [0.1, 0.15) is 29.5 Å². The number of halogens is 1. The number of sulfonamides is 1. The molecule has 3 atom stereocenters. The van der Waals surface area contributed by atoms with Crippen molar-refractivity contribution < 1.29 is 17.9 Å². The number of benzene rings is 2. The topological polar surface area (TPSA) is 81.4 Å². The van der Waals surface area contributed by atoms with Crippen molar-refractivity contribution >= 4 is 10.0 Å². The quantitative estimate of drug-likeness (QED) is 0.801. The van der Waals surface area contributed by atoms with Gasteiger partial charge in [0, 0.05) is 11.5 Å². The van der Waals surface area contributed by atoms with Crippen molar-refractivity contribution in [1.29, 1.82) is 5.26 Å². The van der Waals surface area contributed by atoms with E-state index in [-0.39, 0.29) is 18.2 Å². The van der Waals surface area contributed by atoms with Crippen LogP contribution in [0.15, 0.2) is 48.5 Å². The Morgan fingerprint density at radius 2 is 1.82 bits per heavy atom. The third-order valence-electron chi connectivity index (χ3n) is 4.87. The SMILES string of the molecule is CCS(=O)(=O)N1[C@H](C#N)[C@H](c2ccc(C#Cc3ccccc3F)cc2)[C@@H]1CO. The zero-order valence-electron chi connectivity index (χ0n) is 15.2. The molecule has 0 spiro atoms. The van der Waals surface area contributed by atoms with E-state index in [0.717, 1.165) is 9.87 Å². The predicted octanol–water partition coefficient (Wildman–Crippen LogP) is 2.23. The summed E-state index contributed by atoms with van der Waals surface area (Å²) in [5, 5.41) is 19.1. The Balaban J connectivity index is 1.84. The third kappa shape index (κ3) is 3.65. The molecule has 1 N–H and O–H groups in total. The average Bonchev–Trinajstić information content (AvgIpc) is 2.68. The van der Waals surface area contributed by atoms with E-state index in [1.807, 2.05) is 6.07 Å². The van der Waals surface area contributed by atoms with E-state index >= 15 is 0 Å². The highest BCUT2D eigenvalue weighted by Gasteiger charge is 2.54. The minimum absolute atomic E-state index is 0.126. The van der Waals surface area contributed by atoms with Crippen LogP contribution in [0.2, 0.25) is 0 Å². The van der Waals surface area contributed by atoms with Crippen LogP contribution in [0.3, 0.4) is 0 Å². The van der Waals surface area contributed by atoms with E-state index in [1.54, 1.807) is 42.5 Å². The van der Waals surface area contributed by atoms with Crippen LogP contribution in [-0.2, 0) is 10.0 Å². The second-order valence-electron chi connectivity index (χ2n) is 6.43. The molecule has 7 heteroatoms. The molecule has 0 bridgehead atoms. The summed E-state index contributed by atoms with van der Waals surface area (Å²) in [5.41, 5.74) is 1.72. The molecule has 28 heavy (non-hydrogen) atoms. The lowest BCUT2D eigenvalue weighted by Crippen LogP contribution is -2.65. The second-order valence-corrected chi connectivity index (χ2v) is 8.59. The van der Waals surface area contributed by atoms with Crippen LogP contribution in [0.5, 0.6) is 0 Å². The van der Waals surface area contributed by atoms with E-state index in [9.17, 15) is 23.2 Å². The minimum Gasteiger partial charge on any atom is -0.395 e. The number of rotatable bonds is 4. The van der Waals surface area contributed by atoms with Crippen molar-refractivity contribution in [2.24, 2.45) is 0 Å². The molecular formula is C21H19FN2O3S. The predicted molar refractivity (Wildman–Crippen MR) is 103 cm³/mol. The molecule has 1 heterocycles. The average molecular weight is 398 g/mol. The van der Waals surface area contributed by atoms with Crippen molar-refractivity contribution in [2.75, 3.05) is 12.4 Å². The first-order valence-electron chi connectivity index (χ1n) is 8.81. The highest BCUT2D eigenvalue weighted by atomic mass is 32.2. The Labute approximate surface area is 164 Å². The first-order valence-corrected chi connectivity index (χ1v) is 10.4. The fraction of sp³-hybridized carbons (Fsp3) is 0.286. The normalized spacial score (nSPS) is 21.9. The van der Waals surface area contributed by atoms with E-state index in [2.05, 4.69) is 11.8 Å². The number of hydrogen-bond donors (Lipinski definition) is 1. The van der Waals surface area contributed by atoms with Crippen LogP contribution in [0.4, 0.5) is 4.39 Å². The molecule has 0 radical (unpaired) electrons. The fourth-order valence-electron chi connectivity index (χ4n) is 3.39. The molecule has 2 aromatic carbocycles. The van der Waals surface area contributed by atoms with Crippen LogP contribution in [0.25, 0.3) is 0 Å². The first-order chi connectivity index (χ1) is 13.4. The molecule has 3 rings (SSSR count). The Kier molecular flexibility index (Phi) is 5.81. The van der Waals surface area contributed by atoms with Gasteiger partial charge in [-0.25, -0.2) is 12.8 Å². The van der Waals surface area contributed by atoms with E-state index in [0.29, 0.717) is 11.1 Å². The summed E-state index contributed by atoms with van der Waals surface area (Å²) in [6.07, 6.45) is 0. The molecule has 0 saturated carbocycles. The zero-order chi connectivity index (χ0) is 20.3. The van der Waals surface area contributed by atoms with Crippen molar-refractivity contribution in [2.45, 2.75) is 24.9 Å². The molecule has 1 saturated heterocycles. The number of aliphatic hydroxyl groups is 1. The molecule has 1 aliphatic heterocycles. The molecule has 0 unspecified atom stereocenters. The number of nitriles is 1. The van der Waals surface area contributed by atoms with Gasteiger partial charge in [0.05, 0.1) is 30.0 Å². The molecule has 1 fully saturated rings. The maximum atomic E-state index is 13.6. The summed E-state index contributed by atoms with van der Waals surface area (Å²) < 4.78 is 39.2.